The van der Waals surface area contributed by atoms with Gasteiger partial charge in [-0.15, -0.1) is 0 Å². The van der Waals surface area contributed by atoms with Crippen molar-refractivity contribution >= 4 is 17.8 Å². The predicted octanol–water partition coefficient (Wildman–Crippen LogP) is 4.25. The smallest absolute Gasteiger partial charge is 0.379 e. The van der Waals surface area contributed by atoms with Gasteiger partial charge < -0.3 is 13.9 Å². The standard InChI is InChI=1S/C20H11FO5/c21-13-5-3-12(4-6-13)10-18-19(22)15-8-7-14(11-17(15)26-18)25-20(23)16-2-1-9-24-16/h1-11H/b18-10-. The van der Waals surface area contributed by atoms with E-state index < -0.39 is 5.97 Å². The fourth-order valence-electron chi connectivity index (χ4n) is 2.49. The molecule has 2 heterocycles. The lowest BCUT2D eigenvalue weighted by Crippen LogP contribution is -2.07. The van der Waals surface area contributed by atoms with E-state index in [9.17, 15) is 14.0 Å². The van der Waals surface area contributed by atoms with Crippen LogP contribution in [0, 0.1) is 5.82 Å². The maximum Gasteiger partial charge on any atom is 0.379 e. The van der Waals surface area contributed by atoms with Crippen LogP contribution in [0.3, 0.4) is 0 Å². The van der Waals surface area contributed by atoms with Gasteiger partial charge in [-0.3, -0.25) is 4.79 Å². The topological polar surface area (TPSA) is 65.7 Å². The van der Waals surface area contributed by atoms with Crippen LogP contribution < -0.4 is 9.47 Å². The Morgan fingerprint density at radius 3 is 2.62 bits per heavy atom. The van der Waals surface area contributed by atoms with E-state index in [0.717, 1.165) is 0 Å². The average Bonchev–Trinajstić information content (AvgIpc) is 3.26. The summed E-state index contributed by atoms with van der Waals surface area (Å²) in [6, 6.07) is 13.2. The van der Waals surface area contributed by atoms with Gasteiger partial charge in [0.1, 0.15) is 17.3 Å². The van der Waals surface area contributed by atoms with Gasteiger partial charge in [0.25, 0.3) is 0 Å². The number of Topliss-reactive ketones (excluding diaryl/α,β-unsaturated/α-hetero) is 1. The van der Waals surface area contributed by atoms with Gasteiger partial charge in [-0.25, -0.2) is 9.18 Å². The number of esters is 1. The molecule has 0 aliphatic carbocycles. The lowest BCUT2D eigenvalue weighted by atomic mass is 10.1. The number of benzene rings is 2. The Labute approximate surface area is 147 Å². The highest BCUT2D eigenvalue weighted by atomic mass is 19.1. The summed E-state index contributed by atoms with van der Waals surface area (Å²) in [6.45, 7) is 0. The maximum absolute atomic E-state index is 13.0. The Bertz CT molecular complexity index is 1020. The first kappa shape index (κ1) is 15.8. The van der Waals surface area contributed by atoms with Crippen molar-refractivity contribution in [2.75, 3.05) is 0 Å². The van der Waals surface area contributed by atoms with Crippen LogP contribution in [0.5, 0.6) is 11.5 Å². The van der Waals surface area contributed by atoms with Crippen LogP contribution in [-0.4, -0.2) is 11.8 Å². The Morgan fingerprint density at radius 1 is 1.08 bits per heavy atom. The number of hydrogen-bond donors (Lipinski definition) is 0. The van der Waals surface area contributed by atoms with Crippen LogP contribution in [0.4, 0.5) is 4.39 Å². The quantitative estimate of drug-likeness (QED) is 0.401. The molecular weight excluding hydrogens is 339 g/mol. The lowest BCUT2D eigenvalue weighted by molar-refractivity contribution is 0.0701. The molecule has 1 aromatic heterocycles. The molecular formula is C20H11FO5. The number of ether oxygens (including phenoxy) is 2. The number of hydrogen-bond acceptors (Lipinski definition) is 5. The molecule has 3 aromatic rings. The highest BCUT2D eigenvalue weighted by Gasteiger charge is 2.28. The van der Waals surface area contributed by atoms with Crippen molar-refractivity contribution < 1.29 is 27.9 Å². The Balaban J connectivity index is 1.56. The summed E-state index contributed by atoms with van der Waals surface area (Å²) in [5, 5.41) is 0. The van der Waals surface area contributed by atoms with Crippen molar-refractivity contribution in [2.45, 2.75) is 0 Å². The minimum Gasteiger partial charge on any atom is -0.457 e. The third-order valence-corrected chi connectivity index (χ3v) is 3.74. The number of ketones is 1. The normalized spacial score (nSPS) is 14.2. The van der Waals surface area contributed by atoms with E-state index in [1.54, 1.807) is 18.2 Å². The third kappa shape index (κ3) is 3.00. The van der Waals surface area contributed by atoms with Crippen LogP contribution in [0.15, 0.2) is 71.0 Å². The molecule has 0 unspecified atom stereocenters. The predicted molar refractivity (Wildman–Crippen MR) is 89.4 cm³/mol. The average molecular weight is 350 g/mol. The zero-order valence-corrected chi connectivity index (χ0v) is 13.3. The van der Waals surface area contributed by atoms with Crippen LogP contribution in [0.2, 0.25) is 0 Å². The van der Waals surface area contributed by atoms with Gasteiger partial charge >= 0.3 is 5.97 Å². The molecule has 128 valence electrons. The highest BCUT2D eigenvalue weighted by Crippen LogP contribution is 2.35. The Morgan fingerprint density at radius 2 is 1.88 bits per heavy atom. The van der Waals surface area contributed by atoms with Crippen LogP contribution >= 0.6 is 0 Å². The van der Waals surface area contributed by atoms with Crippen LogP contribution in [0.25, 0.3) is 6.08 Å². The fourth-order valence-corrected chi connectivity index (χ4v) is 2.49. The maximum atomic E-state index is 13.0. The lowest BCUT2D eigenvalue weighted by Gasteiger charge is -2.04. The second-order valence-corrected chi connectivity index (χ2v) is 5.52. The molecule has 0 N–H and O–H groups in total. The first-order chi connectivity index (χ1) is 12.6. The molecule has 2 aromatic carbocycles. The molecule has 4 rings (SSSR count). The zero-order chi connectivity index (χ0) is 18.1. The van der Waals surface area contributed by atoms with Crippen molar-refractivity contribution in [2.24, 2.45) is 0 Å². The van der Waals surface area contributed by atoms with Gasteiger partial charge in [0, 0.05) is 6.07 Å². The van der Waals surface area contributed by atoms with E-state index in [4.69, 9.17) is 13.9 Å². The fraction of sp³-hybridized carbons (Fsp3) is 0. The largest absolute Gasteiger partial charge is 0.457 e. The van der Waals surface area contributed by atoms with E-state index >= 15 is 0 Å². The number of halogens is 1. The molecule has 0 atom stereocenters. The number of allylic oxidation sites excluding steroid dienone is 1. The summed E-state index contributed by atoms with van der Waals surface area (Å²) in [5.41, 5.74) is 0.989. The number of fused-ring (bicyclic) bond motifs is 1. The number of carbonyl (C=O) groups excluding carboxylic acids is 2. The zero-order valence-electron chi connectivity index (χ0n) is 13.3. The van der Waals surface area contributed by atoms with Gasteiger partial charge in [0.15, 0.2) is 5.76 Å². The molecule has 1 aliphatic heterocycles. The minimum atomic E-state index is -0.652. The summed E-state index contributed by atoms with van der Waals surface area (Å²) >= 11 is 0. The molecule has 0 bridgehead atoms. The number of furan rings is 1. The molecule has 0 amide bonds. The molecule has 0 saturated heterocycles. The molecule has 0 spiro atoms. The minimum absolute atomic E-state index is 0.0689. The van der Waals surface area contributed by atoms with Gasteiger partial charge in [-0.1, -0.05) is 12.1 Å². The molecule has 0 fully saturated rings. The van der Waals surface area contributed by atoms with Crippen molar-refractivity contribution in [3.63, 3.8) is 0 Å². The number of carbonyl (C=O) groups is 2. The van der Waals surface area contributed by atoms with Crippen LogP contribution in [0.1, 0.15) is 26.5 Å². The third-order valence-electron chi connectivity index (χ3n) is 3.74. The van der Waals surface area contributed by atoms with Crippen molar-refractivity contribution in [1.82, 2.24) is 0 Å². The second kappa shape index (κ2) is 6.33. The van der Waals surface area contributed by atoms with Crippen molar-refractivity contribution in [3.8, 4) is 11.5 Å². The van der Waals surface area contributed by atoms with Gasteiger partial charge in [0.2, 0.25) is 11.5 Å². The first-order valence-electron chi connectivity index (χ1n) is 7.70. The number of rotatable bonds is 3. The SMILES string of the molecule is O=C(Oc1ccc2c(c1)O/C(=C\c1ccc(F)cc1)C2=O)c1ccco1. The monoisotopic (exact) mass is 350 g/mol. The molecule has 0 radical (unpaired) electrons. The van der Waals surface area contributed by atoms with Gasteiger partial charge in [-0.2, -0.15) is 0 Å². The summed E-state index contributed by atoms with van der Waals surface area (Å²) in [4.78, 5) is 24.3. The van der Waals surface area contributed by atoms with Crippen LogP contribution in [-0.2, 0) is 0 Å². The first-order valence-corrected chi connectivity index (χ1v) is 7.70. The van der Waals surface area contributed by atoms with E-state index in [2.05, 4.69) is 0 Å². The molecule has 1 aliphatic rings. The van der Waals surface area contributed by atoms with E-state index in [1.165, 1.54) is 48.7 Å². The molecule has 6 heteroatoms. The summed E-state index contributed by atoms with van der Waals surface area (Å²) < 4.78 is 28.7. The second-order valence-electron chi connectivity index (χ2n) is 5.52. The summed E-state index contributed by atoms with van der Waals surface area (Å²) in [5.74, 6) is -0.624. The molecule has 0 saturated carbocycles. The molecule has 5 nitrogen and oxygen atoms in total. The Kier molecular flexibility index (Phi) is 3.85. The van der Waals surface area contributed by atoms with Crippen molar-refractivity contribution in [3.05, 3.63) is 89.3 Å². The summed E-state index contributed by atoms with van der Waals surface area (Å²) in [7, 11) is 0. The van der Waals surface area contributed by atoms with Gasteiger partial charge in [-0.05, 0) is 48.0 Å². The highest BCUT2D eigenvalue weighted by molar-refractivity contribution is 6.14. The summed E-state index contributed by atoms with van der Waals surface area (Å²) in [6.07, 6.45) is 2.89. The molecule has 26 heavy (non-hydrogen) atoms. The van der Waals surface area contributed by atoms with E-state index in [-0.39, 0.29) is 34.6 Å². The van der Waals surface area contributed by atoms with E-state index in [1.807, 2.05) is 0 Å². The van der Waals surface area contributed by atoms with E-state index in [0.29, 0.717) is 11.1 Å². The van der Waals surface area contributed by atoms with Gasteiger partial charge in [0.05, 0.1) is 11.8 Å². The van der Waals surface area contributed by atoms with Crippen molar-refractivity contribution in [1.29, 1.82) is 0 Å². The Hall–Kier alpha value is -3.67.